The van der Waals surface area contributed by atoms with Crippen LogP contribution in [0, 0.1) is 6.92 Å². The fourth-order valence-corrected chi connectivity index (χ4v) is 2.64. The minimum absolute atomic E-state index is 0.116. The first-order valence-electron chi connectivity index (χ1n) is 8.56. The molecule has 5 nitrogen and oxygen atoms in total. The number of benzene rings is 2. The third-order valence-electron chi connectivity index (χ3n) is 3.69. The van der Waals surface area contributed by atoms with Crippen LogP contribution >= 0.6 is 11.6 Å². The van der Waals surface area contributed by atoms with Crippen molar-refractivity contribution in [2.75, 3.05) is 18.5 Å². The lowest BCUT2D eigenvalue weighted by molar-refractivity contribution is -0.116. The van der Waals surface area contributed by atoms with Gasteiger partial charge in [-0.05, 0) is 62.2 Å². The van der Waals surface area contributed by atoms with Gasteiger partial charge in [0.1, 0.15) is 5.75 Å². The zero-order valence-corrected chi connectivity index (χ0v) is 15.7. The first kappa shape index (κ1) is 19.8. The summed E-state index contributed by atoms with van der Waals surface area (Å²) < 4.78 is 5.68. The molecule has 138 valence electrons. The Labute approximate surface area is 158 Å². The van der Waals surface area contributed by atoms with Gasteiger partial charge in [0.15, 0.2) is 0 Å². The molecule has 0 aliphatic rings. The van der Waals surface area contributed by atoms with Gasteiger partial charge in [0.25, 0.3) is 5.91 Å². The molecular weight excluding hydrogens is 352 g/mol. The molecule has 2 amide bonds. The second-order valence-electron chi connectivity index (χ2n) is 5.85. The molecule has 2 N–H and O–H groups in total. The Morgan fingerprint density at radius 3 is 2.69 bits per heavy atom. The van der Waals surface area contributed by atoms with Crippen molar-refractivity contribution in [2.24, 2.45) is 0 Å². The van der Waals surface area contributed by atoms with Gasteiger partial charge in [-0.15, -0.1) is 0 Å². The number of amides is 2. The number of ether oxygens (including phenoxy) is 1. The number of nitrogens with one attached hydrogen (secondary N) is 2. The molecule has 0 aliphatic heterocycles. The van der Waals surface area contributed by atoms with Crippen molar-refractivity contribution >= 4 is 29.1 Å². The van der Waals surface area contributed by atoms with Crippen LogP contribution in [-0.4, -0.2) is 25.0 Å². The highest BCUT2D eigenvalue weighted by Gasteiger charge is 2.07. The van der Waals surface area contributed by atoms with Crippen molar-refractivity contribution in [2.45, 2.75) is 26.7 Å². The summed E-state index contributed by atoms with van der Waals surface area (Å²) in [6.45, 7) is 4.78. The van der Waals surface area contributed by atoms with Gasteiger partial charge in [0, 0.05) is 29.2 Å². The highest BCUT2D eigenvalue weighted by molar-refractivity contribution is 6.30. The van der Waals surface area contributed by atoms with E-state index in [0.717, 1.165) is 11.3 Å². The van der Waals surface area contributed by atoms with Crippen molar-refractivity contribution in [3.05, 3.63) is 58.6 Å². The van der Waals surface area contributed by atoms with Crippen LogP contribution in [0.2, 0.25) is 5.02 Å². The van der Waals surface area contributed by atoms with Crippen molar-refractivity contribution < 1.29 is 14.3 Å². The zero-order chi connectivity index (χ0) is 18.9. The van der Waals surface area contributed by atoms with E-state index in [4.69, 9.17) is 16.3 Å². The molecule has 6 heteroatoms. The van der Waals surface area contributed by atoms with Crippen LogP contribution in [-0.2, 0) is 4.79 Å². The Morgan fingerprint density at radius 2 is 1.96 bits per heavy atom. The second kappa shape index (κ2) is 9.82. The summed E-state index contributed by atoms with van der Waals surface area (Å²) in [6, 6.07) is 12.3. The zero-order valence-electron chi connectivity index (χ0n) is 15.0. The van der Waals surface area contributed by atoms with E-state index in [0.29, 0.717) is 42.3 Å². The fourth-order valence-electron chi connectivity index (χ4n) is 2.41. The van der Waals surface area contributed by atoms with Gasteiger partial charge >= 0.3 is 0 Å². The van der Waals surface area contributed by atoms with E-state index in [1.54, 1.807) is 30.3 Å². The van der Waals surface area contributed by atoms with Crippen LogP contribution in [0.3, 0.4) is 0 Å². The summed E-state index contributed by atoms with van der Waals surface area (Å²) in [5, 5.41) is 6.21. The number of hydrogen-bond acceptors (Lipinski definition) is 3. The normalized spacial score (nSPS) is 10.3. The fraction of sp³-hybridized carbons (Fsp3) is 0.300. The average molecular weight is 375 g/mol. The Morgan fingerprint density at radius 1 is 1.15 bits per heavy atom. The maximum absolute atomic E-state index is 12.1. The number of carbonyl (C=O) groups excluding carboxylic acids is 2. The molecule has 0 saturated heterocycles. The van der Waals surface area contributed by atoms with Crippen LogP contribution in [0.5, 0.6) is 5.75 Å². The Hall–Kier alpha value is -2.53. The monoisotopic (exact) mass is 374 g/mol. The molecule has 0 aliphatic carbocycles. The number of halogens is 1. The molecular formula is C20H23ClN2O3. The standard InChI is InChI=1S/C20H23ClN2O3/c1-3-22-20(25)15-6-4-7-17(13-15)23-19(24)8-5-11-26-18-10-9-16(21)12-14(18)2/h4,6-7,9-10,12-13H,3,5,8,11H2,1-2H3,(H,22,25)(H,23,24). The molecule has 0 fully saturated rings. The van der Waals surface area contributed by atoms with Crippen LogP contribution < -0.4 is 15.4 Å². The first-order chi connectivity index (χ1) is 12.5. The molecule has 2 aromatic rings. The van der Waals surface area contributed by atoms with E-state index in [2.05, 4.69) is 10.6 Å². The van der Waals surface area contributed by atoms with Gasteiger partial charge < -0.3 is 15.4 Å². The Kier molecular flexibility index (Phi) is 7.48. The first-order valence-corrected chi connectivity index (χ1v) is 8.94. The van der Waals surface area contributed by atoms with Crippen LogP contribution in [0.25, 0.3) is 0 Å². The van der Waals surface area contributed by atoms with Gasteiger partial charge in [-0.2, -0.15) is 0 Å². The SMILES string of the molecule is CCNC(=O)c1cccc(NC(=O)CCCOc2ccc(Cl)cc2C)c1. The molecule has 2 rings (SSSR count). The number of anilines is 1. The van der Waals surface area contributed by atoms with E-state index in [-0.39, 0.29) is 11.8 Å². The quantitative estimate of drug-likeness (QED) is 0.680. The molecule has 0 bridgehead atoms. The van der Waals surface area contributed by atoms with E-state index in [1.165, 1.54) is 0 Å². The Bertz CT molecular complexity index is 777. The average Bonchev–Trinajstić information content (AvgIpc) is 2.60. The lowest BCUT2D eigenvalue weighted by Crippen LogP contribution is -2.22. The van der Waals surface area contributed by atoms with Crippen molar-refractivity contribution in [3.63, 3.8) is 0 Å². The van der Waals surface area contributed by atoms with Crippen molar-refractivity contribution in [1.82, 2.24) is 5.32 Å². The predicted octanol–water partition coefficient (Wildman–Crippen LogP) is 4.20. The molecule has 0 spiro atoms. The molecule has 0 saturated carbocycles. The molecule has 2 aromatic carbocycles. The van der Waals surface area contributed by atoms with Gasteiger partial charge in [-0.3, -0.25) is 9.59 Å². The van der Waals surface area contributed by atoms with Gasteiger partial charge in [-0.25, -0.2) is 0 Å². The number of rotatable bonds is 8. The van der Waals surface area contributed by atoms with E-state index in [1.807, 2.05) is 26.0 Å². The number of hydrogen-bond donors (Lipinski definition) is 2. The van der Waals surface area contributed by atoms with Crippen LogP contribution in [0.1, 0.15) is 35.7 Å². The summed E-state index contributed by atoms with van der Waals surface area (Å²) in [7, 11) is 0. The van der Waals surface area contributed by atoms with E-state index in [9.17, 15) is 9.59 Å². The largest absolute Gasteiger partial charge is 0.493 e. The maximum atomic E-state index is 12.1. The van der Waals surface area contributed by atoms with Gasteiger partial charge in [-0.1, -0.05) is 17.7 Å². The van der Waals surface area contributed by atoms with Crippen molar-refractivity contribution in [3.8, 4) is 5.75 Å². The van der Waals surface area contributed by atoms with Gasteiger partial charge in [0.05, 0.1) is 6.61 Å². The summed E-state index contributed by atoms with van der Waals surface area (Å²) in [4.78, 5) is 23.9. The summed E-state index contributed by atoms with van der Waals surface area (Å²) >= 11 is 5.91. The highest BCUT2D eigenvalue weighted by atomic mass is 35.5. The molecule has 0 atom stereocenters. The third-order valence-corrected chi connectivity index (χ3v) is 3.92. The molecule has 26 heavy (non-hydrogen) atoms. The number of carbonyl (C=O) groups is 2. The smallest absolute Gasteiger partial charge is 0.251 e. The lowest BCUT2D eigenvalue weighted by atomic mass is 10.2. The predicted molar refractivity (Wildman–Crippen MR) is 104 cm³/mol. The Balaban J connectivity index is 1.78. The molecule has 0 heterocycles. The summed E-state index contributed by atoms with van der Waals surface area (Å²) in [5.74, 6) is 0.495. The summed E-state index contributed by atoms with van der Waals surface area (Å²) in [6.07, 6.45) is 0.919. The second-order valence-corrected chi connectivity index (χ2v) is 6.29. The maximum Gasteiger partial charge on any atom is 0.251 e. The van der Waals surface area contributed by atoms with Crippen molar-refractivity contribution in [1.29, 1.82) is 0 Å². The minimum atomic E-state index is -0.157. The molecule has 0 radical (unpaired) electrons. The third kappa shape index (κ3) is 6.08. The molecule has 0 unspecified atom stereocenters. The van der Waals surface area contributed by atoms with E-state index < -0.39 is 0 Å². The topological polar surface area (TPSA) is 67.4 Å². The van der Waals surface area contributed by atoms with E-state index >= 15 is 0 Å². The van der Waals surface area contributed by atoms with Gasteiger partial charge in [0.2, 0.25) is 5.91 Å². The van der Waals surface area contributed by atoms with Crippen LogP contribution in [0.15, 0.2) is 42.5 Å². The van der Waals surface area contributed by atoms with Crippen LogP contribution in [0.4, 0.5) is 5.69 Å². The number of aryl methyl sites for hydroxylation is 1. The lowest BCUT2D eigenvalue weighted by Gasteiger charge is -2.10. The summed E-state index contributed by atoms with van der Waals surface area (Å²) in [5.41, 5.74) is 2.09. The molecule has 0 aromatic heterocycles. The minimum Gasteiger partial charge on any atom is -0.493 e. The highest BCUT2D eigenvalue weighted by Crippen LogP contribution is 2.22.